The molecule has 2 heterocycles. The predicted molar refractivity (Wildman–Crippen MR) is 86.5 cm³/mol. The van der Waals surface area contributed by atoms with Crippen LogP contribution < -0.4 is 16.4 Å². The summed E-state index contributed by atoms with van der Waals surface area (Å²) in [5.41, 5.74) is 6.53. The minimum Gasteiger partial charge on any atom is -0.375 e. The minimum absolute atomic E-state index is 0.0544. The second kappa shape index (κ2) is 8.09. The zero-order chi connectivity index (χ0) is 15.9. The molecule has 1 aliphatic heterocycles. The average Bonchev–Trinajstić information content (AvgIpc) is 2.91. The van der Waals surface area contributed by atoms with Crippen molar-refractivity contribution in [2.45, 2.75) is 32.2 Å². The number of aryl methyl sites for hydroxylation is 1. The van der Waals surface area contributed by atoms with Gasteiger partial charge in [0.25, 0.3) is 0 Å². The van der Waals surface area contributed by atoms with Crippen molar-refractivity contribution >= 4 is 28.3 Å². The third-order valence-electron chi connectivity index (χ3n) is 3.73. The van der Waals surface area contributed by atoms with Gasteiger partial charge in [-0.2, -0.15) is 0 Å². The maximum Gasteiger partial charge on any atom is 0.237 e. The maximum absolute atomic E-state index is 12.0. The number of piperazine rings is 1. The number of amides is 2. The molecule has 1 fully saturated rings. The first-order valence-electron chi connectivity index (χ1n) is 7.58. The van der Waals surface area contributed by atoms with Crippen molar-refractivity contribution in [3.05, 3.63) is 11.1 Å². The summed E-state index contributed by atoms with van der Waals surface area (Å²) in [6, 6.07) is -0.350. The van der Waals surface area contributed by atoms with Gasteiger partial charge in [-0.15, -0.1) is 11.3 Å². The van der Waals surface area contributed by atoms with Crippen molar-refractivity contribution in [1.82, 2.24) is 20.5 Å². The molecule has 1 aromatic rings. The number of hydrogen-bond donors (Lipinski definition) is 3. The predicted octanol–water partition coefficient (Wildman–Crippen LogP) is -0.0155. The molecule has 1 atom stereocenters. The minimum atomic E-state index is -0.350. The van der Waals surface area contributed by atoms with E-state index in [0.29, 0.717) is 18.2 Å². The third kappa shape index (κ3) is 4.67. The Kier molecular flexibility index (Phi) is 6.14. The van der Waals surface area contributed by atoms with Crippen LogP contribution in [0.2, 0.25) is 0 Å². The van der Waals surface area contributed by atoms with Crippen LogP contribution in [0.3, 0.4) is 0 Å². The molecule has 22 heavy (non-hydrogen) atoms. The Bertz CT molecular complexity index is 519. The van der Waals surface area contributed by atoms with Gasteiger partial charge >= 0.3 is 0 Å². The van der Waals surface area contributed by atoms with E-state index < -0.39 is 0 Å². The Balaban J connectivity index is 1.69. The highest BCUT2D eigenvalue weighted by Crippen LogP contribution is 2.12. The lowest BCUT2D eigenvalue weighted by molar-refractivity contribution is -0.133. The van der Waals surface area contributed by atoms with Crippen LogP contribution in [0.5, 0.6) is 0 Å². The zero-order valence-electron chi connectivity index (χ0n) is 12.8. The van der Waals surface area contributed by atoms with Gasteiger partial charge in [-0.3, -0.25) is 14.5 Å². The van der Waals surface area contributed by atoms with E-state index >= 15 is 0 Å². The standard InChI is InChI=1S/C14H23N5O2S/c1-2-19-7-6-17-13(21)11(19)8-12(20)16-5-3-4-10-9-22-14(15)18-10/h9,11H,2-8H2,1H3,(H2,15,18)(H,16,20)(H,17,21)/t11-/m0/s1. The molecule has 2 amide bonds. The quantitative estimate of drug-likeness (QED) is 0.612. The van der Waals surface area contributed by atoms with Crippen LogP contribution in [0.25, 0.3) is 0 Å². The van der Waals surface area contributed by atoms with Gasteiger partial charge in [-0.25, -0.2) is 4.98 Å². The summed E-state index contributed by atoms with van der Waals surface area (Å²) < 4.78 is 0. The van der Waals surface area contributed by atoms with Crippen LogP contribution >= 0.6 is 11.3 Å². The summed E-state index contributed by atoms with van der Waals surface area (Å²) in [5, 5.41) is 8.19. The number of nitrogen functional groups attached to an aromatic ring is 1. The number of anilines is 1. The number of nitrogens with zero attached hydrogens (tertiary/aromatic N) is 2. The first kappa shape index (κ1) is 16.7. The Morgan fingerprint density at radius 1 is 1.64 bits per heavy atom. The highest BCUT2D eigenvalue weighted by molar-refractivity contribution is 7.13. The van der Waals surface area contributed by atoms with Crippen LogP contribution in [0.1, 0.15) is 25.5 Å². The lowest BCUT2D eigenvalue weighted by Gasteiger charge is -2.33. The molecule has 122 valence electrons. The van der Waals surface area contributed by atoms with Crippen LogP contribution in [0.4, 0.5) is 5.13 Å². The van der Waals surface area contributed by atoms with Gasteiger partial charge in [-0.1, -0.05) is 6.92 Å². The molecule has 0 aliphatic carbocycles. The number of carbonyl (C=O) groups excluding carboxylic acids is 2. The zero-order valence-corrected chi connectivity index (χ0v) is 13.6. The summed E-state index contributed by atoms with van der Waals surface area (Å²) in [5.74, 6) is -0.139. The van der Waals surface area contributed by atoms with Crippen LogP contribution in [0, 0.1) is 0 Å². The number of rotatable bonds is 7. The normalized spacial score (nSPS) is 19.0. The highest BCUT2D eigenvalue weighted by atomic mass is 32.1. The van der Waals surface area contributed by atoms with Gasteiger partial charge in [0.2, 0.25) is 11.8 Å². The van der Waals surface area contributed by atoms with Crippen molar-refractivity contribution in [3.63, 3.8) is 0 Å². The van der Waals surface area contributed by atoms with Crippen molar-refractivity contribution in [2.75, 3.05) is 31.9 Å². The fourth-order valence-corrected chi connectivity index (χ4v) is 3.14. The molecule has 0 bridgehead atoms. The molecule has 1 aromatic heterocycles. The van der Waals surface area contributed by atoms with Crippen molar-refractivity contribution in [3.8, 4) is 0 Å². The van der Waals surface area contributed by atoms with Gasteiger partial charge in [0.1, 0.15) is 0 Å². The van der Waals surface area contributed by atoms with E-state index in [1.807, 2.05) is 17.2 Å². The van der Waals surface area contributed by atoms with E-state index in [-0.39, 0.29) is 24.3 Å². The summed E-state index contributed by atoms with van der Waals surface area (Å²) in [4.78, 5) is 30.1. The first-order chi connectivity index (χ1) is 10.6. The van der Waals surface area contributed by atoms with Crippen molar-refractivity contribution in [1.29, 1.82) is 0 Å². The molecule has 2 rings (SSSR count). The van der Waals surface area contributed by atoms with E-state index in [2.05, 4.69) is 15.6 Å². The lowest BCUT2D eigenvalue weighted by Crippen LogP contribution is -2.56. The number of nitrogens with one attached hydrogen (secondary N) is 2. The van der Waals surface area contributed by atoms with Gasteiger partial charge in [0, 0.05) is 25.0 Å². The number of likely N-dealkylation sites (N-methyl/N-ethyl adjacent to an activating group) is 1. The lowest BCUT2D eigenvalue weighted by atomic mass is 10.1. The topological polar surface area (TPSA) is 100 Å². The number of aromatic nitrogens is 1. The molecule has 0 radical (unpaired) electrons. The van der Waals surface area contributed by atoms with Crippen molar-refractivity contribution in [2.24, 2.45) is 0 Å². The number of carbonyl (C=O) groups is 2. The second-order valence-corrected chi connectivity index (χ2v) is 6.16. The molecule has 0 unspecified atom stereocenters. The SMILES string of the molecule is CCN1CCNC(=O)[C@@H]1CC(=O)NCCCc1csc(N)n1. The van der Waals surface area contributed by atoms with E-state index in [4.69, 9.17) is 5.73 Å². The largest absolute Gasteiger partial charge is 0.375 e. The maximum atomic E-state index is 12.0. The number of nitrogens with two attached hydrogens (primary N) is 1. The summed E-state index contributed by atoms with van der Waals surface area (Å²) in [6.07, 6.45) is 1.81. The molecular weight excluding hydrogens is 302 g/mol. The molecule has 0 aromatic carbocycles. The molecule has 1 saturated heterocycles. The fourth-order valence-electron chi connectivity index (χ4n) is 2.55. The third-order valence-corrected chi connectivity index (χ3v) is 4.45. The van der Waals surface area contributed by atoms with E-state index in [0.717, 1.165) is 31.6 Å². The monoisotopic (exact) mass is 325 g/mol. The molecular formula is C14H23N5O2S. The molecule has 4 N–H and O–H groups in total. The molecule has 1 aliphatic rings. The Hall–Kier alpha value is -1.67. The summed E-state index contributed by atoms with van der Waals surface area (Å²) >= 11 is 1.42. The fraction of sp³-hybridized carbons (Fsp3) is 0.643. The molecule has 0 saturated carbocycles. The number of hydrogen-bond acceptors (Lipinski definition) is 6. The average molecular weight is 325 g/mol. The molecule has 0 spiro atoms. The van der Waals surface area contributed by atoms with E-state index in [9.17, 15) is 9.59 Å². The summed E-state index contributed by atoms with van der Waals surface area (Å²) in [7, 11) is 0. The Labute approximate surface area is 134 Å². The Morgan fingerprint density at radius 3 is 3.14 bits per heavy atom. The van der Waals surface area contributed by atoms with Crippen molar-refractivity contribution < 1.29 is 9.59 Å². The van der Waals surface area contributed by atoms with Crippen LogP contribution in [-0.2, 0) is 16.0 Å². The van der Waals surface area contributed by atoms with Gasteiger partial charge in [0.05, 0.1) is 18.2 Å². The van der Waals surface area contributed by atoms with Crippen LogP contribution in [0.15, 0.2) is 5.38 Å². The summed E-state index contributed by atoms with van der Waals surface area (Å²) in [6.45, 7) is 4.81. The van der Waals surface area contributed by atoms with Crippen LogP contribution in [-0.4, -0.2) is 53.9 Å². The molecule has 7 nitrogen and oxygen atoms in total. The Morgan fingerprint density at radius 2 is 2.45 bits per heavy atom. The van der Waals surface area contributed by atoms with Gasteiger partial charge < -0.3 is 16.4 Å². The molecule has 8 heteroatoms. The van der Waals surface area contributed by atoms with Gasteiger partial charge in [0.15, 0.2) is 5.13 Å². The smallest absolute Gasteiger partial charge is 0.237 e. The highest BCUT2D eigenvalue weighted by Gasteiger charge is 2.30. The van der Waals surface area contributed by atoms with Gasteiger partial charge in [-0.05, 0) is 19.4 Å². The van der Waals surface area contributed by atoms with E-state index in [1.165, 1.54) is 11.3 Å². The van der Waals surface area contributed by atoms with E-state index in [1.54, 1.807) is 0 Å². The second-order valence-electron chi connectivity index (χ2n) is 5.27. The first-order valence-corrected chi connectivity index (χ1v) is 8.46. The number of thiazole rings is 1.